The number of pyridine rings is 1. The highest BCUT2D eigenvalue weighted by Gasteiger charge is 2.72. The van der Waals surface area contributed by atoms with E-state index in [4.69, 9.17) is 4.74 Å². The third-order valence-electron chi connectivity index (χ3n) is 7.02. The number of rotatable bonds is 8. The number of likely N-dealkylation sites (N-methyl/N-ethyl adjacent to an activating group) is 1. The van der Waals surface area contributed by atoms with Gasteiger partial charge >= 0.3 is 0 Å². The molecule has 3 fully saturated rings. The van der Waals surface area contributed by atoms with Gasteiger partial charge in [0.25, 0.3) is 5.91 Å². The number of nitrogens with one attached hydrogen (secondary N) is 1. The first-order chi connectivity index (χ1) is 15.5. The van der Waals surface area contributed by atoms with Gasteiger partial charge in [0.05, 0.1) is 24.8 Å². The van der Waals surface area contributed by atoms with E-state index in [1.807, 2.05) is 19.2 Å². The maximum atomic E-state index is 12.8. The van der Waals surface area contributed by atoms with Crippen LogP contribution in [0.1, 0.15) is 42.4 Å². The predicted octanol–water partition coefficient (Wildman–Crippen LogP) is 2.77. The Labute approximate surface area is 188 Å². The Morgan fingerprint density at radius 3 is 3.03 bits per heavy atom. The summed E-state index contributed by atoms with van der Waals surface area (Å²) in [5, 5.41) is 3.01. The van der Waals surface area contributed by atoms with Gasteiger partial charge in [-0.1, -0.05) is 36.8 Å². The molecule has 2 aliphatic carbocycles. The van der Waals surface area contributed by atoms with Gasteiger partial charge in [0.2, 0.25) is 5.91 Å². The number of allylic oxidation sites excluding steroid dienone is 3. The molecule has 7 nitrogen and oxygen atoms in total. The molecule has 2 aromatic rings. The van der Waals surface area contributed by atoms with Gasteiger partial charge in [-0.05, 0) is 37.3 Å². The van der Waals surface area contributed by atoms with E-state index in [0.717, 1.165) is 12.8 Å². The highest BCUT2D eigenvalue weighted by molar-refractivity contribution is 5.93. The minimum Gasteiger partial charge on any atom is -0.379 e. The molecule has 1 saturated heterocycles. The second kappa shape index (κ2) is 8.20. The van der Waals surface area contributed by atoms with Gasteiger partial charge in [-0.25, -0.2) is 4.98 Å². The summed E-state index contributed by atoms with van der Waals surface area (Å²) in [4.78, 5) is 31.8. The van der Waals surface area contributed by atoms with E-state index in [-0.39, 0.29) is 24.3 Å². The van der Waals surface area contributed by atoms with Crippen molar-refractivity contribution in [3.63, 3.8) is 0 Å². The maximum absolute atomic E-state index is 12.8. The van der Waals surface area contributed by atoms with E-state index in [1.165, 1.54) is 12.0 Å². The van der Waals surface area contributed by atoms with Gasteiger partial charge in [-0.2, -0.15) is 0 Å². The zero-order chi connectivity index (χ0) is 22.3. The Morgan fingerprint density at radius 2 is 2.28 bits per heavy atom. The van der Waals surface area contributed by atoms with Crippen molar-refractivity contribution in [2.45, 2.75) is 38.6 Å². The molecule has 3 aliphatic rings. The van der Waals surface area contributed by atoms with Gasteiger partial charge in [0.1, 0.15) is 11.3 Å². The average molecular weight is 435 g/mol. The Hall–Kier alpha value is -2.93. The number of aromatic nitrogens is 2. The fourth-order valence-electron chi connectivity index (χ4n) is 4.79. The highest BCUT2D eigenvalue weighted by atomic mass is 16.5. The Bertz CT molecular complexity index is 1110. The van der Waals surface area contributed by atoms with Crippen LogP contribution in [0.3, 0.4) is 0 Å². The zero-order valence-corrected chi connectivity index (χ0v) is 18.7. The first-order valence-electron chi connectivity index (χ1n) is 11.5. The monoisotopic (exact) mass is 434 g/mol. The number of carbonyl (C=O) groups excluding carboxylic acids is 2. The van der Waals surface area contributed by atoms with Crippen LogP contribution >= 0.6 is 0 Å². The summed E-state index contributed by atoms with van der Waals surface area (Å²) in [6.07, 6.45) is 11.9. The molecular formula is C25H30N4O3. The third-order valence-corrected chi connectivity index (χ3v) is 7.02. The molecule has 3 atom stereocenters. The lowest BCUT2D eigenvalue weighted by atomic mass is 10.1. The topological polar surface area (TPSA) is 75.9 Å². The predicted molar refractivity (Wildman–Crippen MR) is 121 cm³/mol. The number of nitrogens with zero attached hydrogens (tertiary/aromatic N) is 3. The first kappa shape index (κ1) is 20.9. The number of hydrogen-bond acceptors (Lipinski definition) is 4. The molecule has 0 aromatic carbocycles. The van der Waals surface area contributed by atoms with Crippen molar-refractivity contribution in [1.82, 2.24) is 19.6 Å². The van der Waals surface area contributed by atoms with Crippen molar-refractivity contribution in [3.8, 4) is 0 Å². The Morgan fingerprint density at radius 1 is 1.41 bits per heavy atom. The van der Waals surface area contributed by atoms with Crippen LogP contribution in [0, 0.1) is 11.3 Å². The summed E-state index contributed by atoms with van der Waals surface area (Å²) >= 11 is 0. The quantitative estimate of drug-likeness (QED) is 0.649. The summed E-state index contributed by atoms with van der Waals surface area (Å²) in [6.45, 7) is 3.96. The van der Waals surface area contributed by atoms with Crippen LogP contribution in [-0.2, 0) is 16.0 Å². The molecule has 1 N–H and O–H groups in total. The summed E-state index contributed by atoms with van der Waals surface area (Å²) in [7, 11) is 1.82. The standard InChI is InChI=1S/C25H30N4O3/c1-3-4-10-25-14-20(25)19(25)8-11-26-24(31)21-6-5-7-22-27-17(15-29(21)22)13-23(30)28(2)18-9-12-32-16-18/h4-8,10,15,18,20H,3,9,11-14,16H2,1-2H3,(H,26,31)/b10-4-,19-8+. The average Bonchev–Trinajstić information content (AvgIpc) is 3.41. The van der Waals surface area contributed by atoms with Gasteiger partial charge in [0.15, 0.2) is 0 Å². The summed E-state index contributed by atoms with van der Waals surface area (Å²) in [5.74, 6) is 0.569. The number of fused-ring (bicyclic) bond motifs is 2. The van der Waals surface area contributed by atoms with Gasteiger partial charge in [0, 0.05) is 31.8 Å². The summed E-state index contributed by atoms with van der Waals surface area (Å²) < 4.78 is 7.15. The molecular weight excluding hydrogens is 404 g/mol. The fourth-order valence-corrected chi connectivity index (χ4v) is 4.79. The van der Waals surface area contributed by atoms with E-state index in [0.29, 0.717) is 48.1 Å². The lowest BCUT2D eigenvalue weighted by Gasteiger charge is -2.22. The van der Waals surface area contributed by atoms with Crippen molar-refractivity contribution >= 4 is 17.5 Å². The second-order valence-electron chi connectivity index (χ2n) is 9.05. The van der Waals surface area contributed by atoms with Crippen LogP contribution in [-0.4, -0.2) is 58.9 Å². The first-order valence-corrected chi connectivity index (χ1v) is 11.5. The van der Waals surface area contributed by atoms with Crippen molar-refractivity contribution < 1.29 is 14.3 Å². The molecule has 0 spiro atoms. The molecule has 32 heavy (non-hydrogen) atoms. The highest BCUT2D eigenvalue weighted by Crippen LogP contribution is 2.80. The lowest BCUT2D eigenvalue weighted by Crippen LogP contribution is -2.38. The SMILES string of the molecule is CC/C=C\C12CC1/C2=C\CNC(=O)c1cccc2nc(CC(=O)N(C)C3CCOC3)cn12. The van der Waals surface area contributed by atoms with Gasteiger partial charge in [-0.3, -0.25) is 14.0 Å². The van der Waals surface area contributed by atoms with Crippen LogP contribution in [0.15, 0.2) is 48.2 Å². The van der Waals surface area contributed by atoms with Crippen molar-refractivity contribution in [3.05, 3.63) is 59.6 Å². The lowest BCUT2D eigenvalue weighted by molar-refractivity contribution is -0.131. The Balaban J connectivity index is 1.23. The summed E-state index contributed by atoms with van der Waals surface area (Å²) in [6, 6.07) is 5.58. The van der Waals surface area contributed by atoms with E-state index >= 15 is 0 Å². The molecule has 0 radical (unpaired) electrons. The maximum Gasteiger partial charge on any atom is 0.268 e. The van der Waals surface area contributed by atoms with E-state index in [9.17, 15) is 9.59 Å². The van der Waals surface area contributed by atoms with E-state index in [2.05, 4.69) is 35.5 Å². The second-order valence-corrected chi connectivity index (χ2v) is 9.05. The smallest absolute Gasteiger partial charge is 0.268 e. The van der Waals surface area contributed by atoms with Crippen LogP contribution in [0.2, 0.25) is 0 Å². The van der Waals surface area contributed by atoms with Crippen LogP contribution in [0.5, 0.6) is 0 Å². The van der Waals surface area contributed by atoms with Crippen molar-refractivity contribution in [2.75, 3.05) is 26.8 Å². The van der Waals surface area contributed by atoms with Gasteiger partial charge in [-0.15, -0.1) is 0 Å². The number of imidazole rings is 1. The van der Waals surface area contributed by atoms with E-state index in [1.54, 1.807) is 21.6 Å². The molecule has 2 amide bonds. The number of hydrogen-bond donors (Lipinski definition) is 1. The molecule has 1 aliphatic heterocycles. The molecule has 7 heteroatoms. The number of ether oxygens (including phenoxy) is 1. The third kappa shape index (κ3) is 3.75. The zero-order valence-electron chi connectivity index (χ0n) is 18.7. The van der Waals surface area contributed by atoms with Crippen molar-refractivity contribution in [1.29, 1.82) is 0 Å². The number of carbonyl (C=O) groups is 2. The molecule has 3 heterocycles. The Kier molecular flexibility index (Phi) is 5.37. The molecule has 2 aromatic heterocycles. The molecule has 3 unspecified atom stereocenters. The van der Waals surface area contributed by atoms with Crippen molar-refractivity contribution in [2.24, 2.45) is 11.3 Å². The minimum absolute atomic E-state index is 0.00980. The van der Waals surface area contributed by atoms with Crippen LogP contribution in [0.4, 0.5) is 0 Å². The fraction of sp³-hybridized carbons (Fsp3) is 0.480. The van der Waals surface area contributed by atoms with Crippen LogP contribution in [0.25, 0.3) is 5.65 Å². The molecule has 5 rings (SSSR count). The van der Waals surface area contributed by atoms with Crippen LogP contribution < -0.4 is 5.32 Å². The molecule has 168 valence electrons. The normalized spacial score (nSPS) is 27.1. The largest absolute Gasteiger partial charge is 0.379 e. The minimum atomic E-state index is -0.143. The number of amides is 2. The summed E-state index contributed by atoms with van der Waals surface area (Å²) in [5.41, 5.74) is 3.63. The van der Waals surface area contributed by atoms with Gasteiger partial charge < -0.3 is 15.0 Å². The molecule has 2 saturated carbocycles. The molecule has 0 bridgehead atoms. The van der Waals surface area contributed by atoms with E-state index < -0.39 is 0 Å².